The molecule has 7 heteroatoms. The summed E-state index contributed by atoms with van der Waals surface area (Å²) in [5.74, 6) is -2.36. The van der Waals surface area contributed by atoms with Gasteiger partial charge in [0.2, 0.25) is 0 Å². The van der Waals surface area contributed by atoms with E-state index in [0.29, 0.717) is 19.5 Å². The summed E-state index contributed by atoms with van der Waals surface area (Å²) in [4.78, 5) is 13.3. The van der Waals surface area contributed by atoms with Crippen LogP contribution in [0.15, 0.2) is 16.6 Å². The van der Waals surface area contributed by atoms with E-state index in [4.69, 9.17) is 5.73 Å². The summed E-state index contributed by atoms with van der Waals surface area (Å²) in [6, 6.07) is 2.04. The molecule has 100 valence electrons. The molecule has 0 saturated carbocycles. The predicted molar refractivity (Wildman–Crippen MR) is 69.8 cm³/mol. The number of carbonyl (C=O) groups is 1. The highest BCUT2D eigenvalue weighted by Gasteiger charge is 2.28. The van der Waals surface area contributed by atoms with Crippen molar-refractivity contribution in [1.82, 2.24) is 4.90 Å². The second-order valence-electron chi connectivity index (χ2n) is 4.04. The molecule has 0 aliphatic carbocycles. The summed E-state index contributed by atoms with van der Waals surface area (Å²) in [5.41, 5.74) is 5.14. The number of halogens is 4. The molecule has 3 nitrogen and oxygen atoms in total. The Balaban J connectivity index is 0.00000162. The lowest BCUT2D eigenvalue weighted by atomic mass is 10.1. The number of nitrogens with two attached hydrogens (primary N) is 1. The lowest BCUT2D eigenvalue weighted by Crippen LogP contribution is -2.33. The molecule has 1 heterocycles. The summed E-state index contributed by atoms with van der Waals surface area (Å²) in [6.45, 7) is 0.780. The number of benzene rings is 1. The Morgan fingerprint density at radius 1 is 1.39 bits per heavy atom. The molecular formula is C11H12BrClF2N2O. The lowest BCUT2D eigenvalue weighted by Gasteiger charge is -2.16. The number of likely N-dealkylation sites (tertiary alicyclic amines) is 1. The normalized spacial score (nSPS) is 18.7. The van der Waals surface area contributed by atoms with Crippen LogP contribution < -0.4 is 5.73 Å². The van der Waals surface area contributed by atoms with Gasteiger partial charge in [-0.25, -0.2) is 8.78 Å². The summed E-state index contributed by atoms with van der Waals surface area (Å²) in [6.07, 6.45) is 0.658. The number of carbonyl (C=O) groups excluding carboxylic acids is 1. The minimum atomic E-state index is -0.859. The summed E-state index contributed by atoms with van der Waals surface area (Å²) in [7, 11) is 0. The molecule has 0 unspecified atom stereocenters. The first kappa shape index (κ1) is 15.3. The number of hydrogen-bond acceptors (Lipinski definition) is 2. The molecule has 1 aromatic rings. The lowest BCUT2D eigenvalue weighted by molar-refractivity contribution is 0.0781. The van der Waals surface area contributed by atoms with Crippen LogP contribution in [-0.4, -0.2) is 29.9 Å². The van der Waals surface area contributed by atoms with Gasteiger partial charge in [0, 0.05) is 23.6 Å². The van der Waals surface area contributed by atoms with Gasteiger partial charge in [-0.2, -0.15) is 0 Å². The average molecular weight is 342 g/mol. The molecule has 0 aromatic heterocycles. The minimum absolute atomic E-state index is 0. The van der Waals surface area contributed by atoms with Crippen LogP contribution >= 0.6 is 28.3 Å². The molecule has 0 bridgehead atoms. The van der Waals surface area contributed by atoms with E-state index in [2.05, 4.69) is 15.9 Å². The number of rotatable bonds is 1. The molecule has 1 aromatic carbocycles. The Kier molecular flexibility index (Phi) is 5.07. The van der Waals surface area contributed by atoms with Gasteiger partial charge in [-0.05, 0) is 18.6 Å². The van der Waals surface area contributed by atoms with Crippen molar-refractivity contribution in [3.05, 3.63) is 33.8 Å². The van der Waals surface area contributed by atoms with Crippen molar-refractivity contribution in [1.29, 1.82) is 0 Å². The molecule has 2 rings (SSSR count). The number of nitrogens with zero attached hydrogens (tertiary/aromatic N) is 1. The maximum atomic E-state index is 13.6. The van der Waals surface area contributed by atoms with Gasteiger partial charge in [0.25, 0.3) is 5.91 Å². The molecule has 1 fully saturated rings. The molecule has 0 spiro atoms. The zero-order valence-electron chi connectivity index (χ0n) is 9.33. The van der Waals surface area contributed by atoms with Gasteiger partial charge in [0.05, 0.1) is 0 Å². The molecule has 1 amide bonds. The second-order valence-corrected chi connectivity index (χ2v) is 4.96. The zero-order chi connectivity index (χ0) is 12.6. The summed E-state index contributed by atoms with van der Waals surface area (Å²) in [5, 5.41) is 0. The van der Waals surface area contributed by atoms with Gasteiger partial charge in [0.15, 0.2) is 0 Å². The molecule has 1 saturated heterocycles. The molecule has 18 heavy (non-hydrogen) atoms. The highest BCUT2D eigenvalue weighted by atomic mass is 79.9. The molecule has 1 aliphatic rings. The van der Waals surface area contributed by atoms with Crippen LogP contribution in [0.1, 0.15) is 16.8 Å². The molecule has 1 aliphatic heterocycles. The minimum Gasteiger partial charge on any atom is -0.337 e. The van der Waals surface area contributed by atoms with Gasteiger partial charge < -0.3 is 10.6 Å². The van der Waals surface area contributed by atoms with Gasteiger partial charge in [0.1, 0.15) is 17.2 Å². The van der Waals surface area contributed by atoms with Crippen LogP contribution in [0.2, 0.25) is 0 Å². The van der Waals surface area contributed by atoms with Gasteiger partial charge in [-0.3, -0.25) is 4.79 Å². The summed E-state index contributed by atoms with van der Waals surface area (Å²) >= 11 is 2.96. The van der Waals surface area contributed by atoms with Crippen molar-refractivity contribution in [2.24, 2.45) is 5.73 Å². The van der Waals surface area contributed by atoms with E-state index >= 15 is 0 Å². The molecule has 1 atom stereocenters. The topological polar surface area (TPSA) is 46.3 Å². The SMILES string of the molecule is Cl.N[C@H]1CCN(C(=O)c2c(F)cc(Br)cc2F)C1. The Labute approximate surface area is 118 Å². The van der Waals surface area contributed by atoms with Crippen LogP contribution in [0.4, 0.5) is 8.78 Å². The smallest absolute Gasteiger partial charge is 0.259 e. The third-order valence-electron chi connectivity index (χ3n) is 2.73. The van der Waals surface area contributed by atoms with Crippen molar-refractivity contribution in [3.8, 4) is 0 Å². The standard InChI is InChI=1S/C11H11BrF2N2O.ClH/c12-6-3-8(13)10(9(14)4-6)11(17)16-2-1-7(15)5-16;/h3-4,7H,1-2,5,15H2;1H/t7-;/m0./s1. The Morgan fingerprint density at radius 3 is 2.39 bits per heavy atom. The first-order valence-corrected chi connectivity index (χ1v) is 5.97. The van der Waals surface area contributed by atoms with Crippen molar-refractivity contribution in [2.75, 3.05) is 13.1 Å². The molecular weight excluding hydrogens is 329 g/mol. The van der Waals surface area contributed by atoms with Crippen LogP contribution in [-0.2, 0) is 0 Å². The monoisotopic (exact) mass is 340 g/mol. The molecule has 2 N–H and O–H groups in total. The zero-order valence-corrected chi connectivity index (χ0v) is 11.7. The van der Waals surface area contributed by atoms with Crippen LogP contribution in [0.25, 0.3) is 0 Å². The van der Waals surface area contributed by atoms with Crippen molar-refractivity contribution >= 4 is 34.2 Å². The van der Waals surface area contributed by atoms with E-state index in [1.54, 1.807) is 0 Å². The maximum Gasteiger partial charge on any atom is 0.259 e. The van der Waals surface area contributed by atoms with Crippen molar-refractivity contribution < 1.29 is 13.6 Å². The average Bonchev–Trinajstić information content (AvgIpc) is 2.63. The van der Waals surface area contributed by atoms with E-state index in [-0.39, 0.29) is 22.9 Å². The fourth-order valence-electron chi connectivity index (χ4n) is 1.88. The first-order chi connectivity index (χ1) is 7.99. The fraction of sp³-hybridized carbons (Fsp3) is 0.364. The Morgan fingerprint density at radius 2 is 1.94 bits per heavy atom. The van der Waals surface area contributed by atoms with Crippen LogP contribution in [0, 0.1) is 11.6 Å². The third kappa shape index (κ3) is 2.99. The maximum absolute atomic E-state index is 13.6. The highest BCUT2D eigenvalue weighted by Crippen LogP contribution is 2.22. The van der Waals surface area contributed by atoms with E-state index < -0.39 is 23.1 Å². The van der Waals surface area contributed by atoms with E-state index in [0.717, 1.165) is 12.1 Å². The van der Waals surface area contributed by atoms with Crippen molar-refractivity contribution in [3.63, 3.8) is 0 Å². The van der Waals surface area contributed by atoms with Crippen LogP contribution in [0.5, 0.6) is 0 Å². The quantitative estimate of drug-likeness (QED) is 0.852. The number of amides is 1. The van der Waals surface area contributed by atoms with Crippen LogP contribution in [0.3, 0.4) is 0 Å². The molecule has 0 radical (unpaired) electrons. The third-order valence-corrected chi connectivity index (χ3v) is 3.19. The highest BCUT2D eigenvalue weighted by molar-refractivity contribution is 9.10. The van der Waals surface area contributed by atoms with E-state index in [1.165, 1.54) is 4.90 Å². The Hall–Kier alpha value is -0.720. The Bertz CT molecular complexity index is 449. The predicted octanol–water partition coefficient (Wildman–Crippen LogP) is 2.32. The first-order valence-electron chi connectivity index (χ1n) is 5.18. The largest absolute Gasteiger partial charge is 0.337 e. The fourth-order valence-corrected chi connectivity index (χ4v) is 2.28. The van der Waals surface area contributed by atoms with Gasteiger partial charge >= 0.3 is 0 Å². The van der Waals surface area contributed by atoms with Crippen molar-refractivity contribution in [2.45, 2.75) is 12.5 Å². The number of hydrogen-bond donors (Lipinski definition) is 1. The van der Waals surface area contributed by atoms with Gasteiger partial charge in [-0.1, -0.05) is 15.9 Å². The van der Waals surface area contributed by atoms with Gasteiger partial charge in [-0.15, -0.1) is 12.4 Å². The van der Waals surface area contributed by atoms with E-state index in [1.807, 2.05) is 0 Å². The van der Waals surface area contributed by atoms with E-state index in [9.17, 15) is 13.6 Å². The summed E-state index contributed by atoms with van der Waals surface area (Å²) < 4.78 is 27.4. The second kappa shape index (κ2) is 5.95.